The van der Waals surface area contributed by atoms with Gasteiger partial charge in [-0.25, -0.2) is 9.67 Å². The van der Waals surface area contributed by atoms with Crippen LogP contribution in [0.2, 0.25) is 0 Å². The fraction of sp³-hybridized carbons (Fsp3) is 0.727. The van der Waals surface area contributed by atoms with Crippen LogP contribution in [0.1, 0.15) is 44.8 Å². The molecule has 1 aliphatic rings. The number of carbonyl (C=O) groups is 1. The third-order valence-corrected chi connectivity index (χ3v) is 2.97. The number of nitrogens with zero attached hydrogens (tertiary/aromatic N) is 3. The smallest absolute Gasteiger partial charge is 0.153 e. The summed E-state index contributed by atoms with van der Waals surface area (Å²) in [6, 6.07) is 0. The first-order chi connectivity index (χ1) is 7.08. The van der Waals surface area contributed by atoms with Gasteiger partial charge in [-0.2, -0.15) is 5.10 Å². The maximum atomic E-state index is 11.3. The largest absolute Gasteiger partial charge is 0.300 e. The van der Waals surface area contributed by atoms with Crippen LogP contribution < -0.4 is 0 Å². The summed E-state index contributed by atoms with van der Waals surface area (Å²) in [5.74, 6) is 2.70. The van der Waals surface area contributed by atoms with Crippen LogP contribution in [0.15, 0.2) is 0 Å². The van der Waals surface area contributed by atoms with E-state index in [2.05, 4.69) is 23.9 Å². The van der Waals surface area contributed by atoms with Crippen LogP contribution in [0.5, 0.6) is 0 Å². The van der Waals surface area contributed by atoms with Gasteiger partial charge in [0.05, 0.1) is 6.54 Å². The van der Waals surface area contributed by atoms with E-state index in [4.69, 9.17) is 0 Å². The Balaban J connectivity index is 2.22. The molecule has 15 heavy (non-hydrogen) atoms. The molecule has 1 unspecified atom stereocenters. The Kier molecular flexibility index (Phi) is 2.59. The van der Waals surface area contributed by atoms with Crippen molar-refractivity contribution in [3.63, 3.8) is 0 Å². The van der Waals surface area contributed by atoms with Crippen molar-refractivity contribution in [2.24, 2.45) is 5.92 Å². The second-order valence-corrected chi connectivity index (χ2v) is 4.57. The molecule has 0 saturated carbocycles. The number of carbonyl (C=O) groups excluding carboxylic acids is 1. The molecule has 0 aromatic carbocycles. The van der Waals surface area contributed by atoms with E-state index >= 15 is 0 Å². The van der Waals surface area contributed by atoms with Gasteiger partial charge in [-0.3, -0.25) is 4.79 Å². The van der Waals surface area contributed by atoms with Gasteiger partial charge >= 0.3 is 0 Å². The van der Waals surface area contributed by atoms with E-state index in [0.29, 0.717) is 12.5 Å². The Morgan fingerprint density at radius 3 is 2.87 bits per heavy atom. The van der Waals surface area contributed by atoms with Crippen molar-refractivity contribution >= 4 is 5.78 Å². The molecule has 0 N–H and O–H groups in total. The predicted molar refractivity (Wildman–Crippen MR) is 56.6 cm³/mol. The number of aryl methyl sites for hydroxylation is 1. The molecule has 0 spiro atoms. The Labute approximate surface area is 89.7 Å². The van der Waals surface area contributed by atoms with Crippen molar-refractivity contribution in [2.75, 3.05) is 0 Å². The minimum atomic E-state index is 0.138. The van der Waals surface area contributed by atoms with E-state index < -0.39 is 0 Å². The fourth-order valence-electron chi connectivity index (χ4n) is 1.90. The number of rotatable bonds is 2. The van der Waals surface area contributed by atoms with Gasteiger partial charge in [0.1, 0.15) is 11.6 Å². The number of aromatic nitrogens is 3. The molecule has 1 aromatic rings. The van der Waals surface area contributed by atoms with Gasteiger partial charge in [0.25, 0.3) is 0 Å². The van der Waals surface area contributed by atoms with E-state index in [1.807, 2.05) is 4.68 Å². The van der Waals surface area contributed by atoms with E-state index in [1.54, 1.807) is 6.92 Å². The summed E-state index contributed by atoms with van der Waals surface area (Å²) in [6.45, 7) is 6.55. The van der Waals surface area contributed by atoms with Gasteiger partial charge in [-0.05, 0) is 13.3 Å². The molecule has 0 saturated heterocycles. The Morgan fingerprint density at radius 2 is 2.27 bits per heavy atom. The van der Waals surface area contributed by atoms with Crippen molar-refractivity contribution in [2.45, 2.75) is 46.1 Å². The number of Topliss-reactive ketones (excluding diaryl/α,β-unsaturated/α-hetero) is 1. The summed E-state index contributed by atoms with van der Waals surface area (Å²) in [6.07, 6.45) is 1.80. The molecule has 1 aliphatic heterocycles. The van der Waals surface area contributed by atoms with Crippen molar-refractivity contribution in [1.82, 2.24) is 14.8 Å². The molecule has 0 fully saturated rings. The lowest BCUT2D eigenvalue weighted by Crippen LogP contribution is -2.26. The van der Waals surface area contributed by atoms with Crippen LogP contribution in [-0.4, -0.2) is 20.5 Å². The monoisotopic (exact) mass is 207 g/mol. The number of hydrogen-bond acceptors (Lipinski definition) is 3. The second kappa shape index (κ2) is 3.76. The van der Waals surface area contributed by atoms with Gasteiger partial charge < -0.3 is 0 Å². The molecule has 2 heterocycles. The predicted octanol–water partition coefficient (Wildman–Crippen LogP) is 1.55. The molecule has 82 valence electrons. The summed E-state index contributed by atoms with van der Waals surface area (Å²) in [4.78, 5) is 15.8. The van der Waals surface area contributed by atoms with Crippen LogP contribution in [0.4, 0.5) is 0 Å². The zero-order valence-electron chi connectivity index (χ0n) is 9.53. The Bertz CT molecular complexity index is 381. The Hall–Kier alpha value is -1.19. The van der Waals surface area contributed by atoms with E-state index in [1.165, 1.54) is 0 Å². The lowest BCUT2D eigenvalue weighted by molar-refractivity contribution is -0.121. The van der Waals surface area contributed by atoms with Gasteiger partial charge in [0, 0.05) is 18.3 Å². The molecule has 4 heteroatoms. The first-order valence-electron chi connectivity index (χ1n) is 5.52. The lowest BCUT2D eigenvalue weighted by Gasteiger charge is -2.19. The molecule has 2 rings (SSSR count). The number of fused-ring (bicyclic) bond motifs is 1. The standard InChI is InChI=1S/C11H17N3O/c1-7(2)11-12-10-5-4-9(8(3)15)6-14(10)13-11/h7,9H,4-6H2,1-3H3. The van der Waals surface area contributed by atoms with Crippen LogP contribution in [0.25, 0.3) is 0 Å². The van der Waals surface area contributed by atoms with Crippen LogP contribution in [0.3, 0.4) is 0 Å². The maximum absolute atomic E-state index is 11.3. The molecule has 0 aliphatic carbocycles. The topological polar surface area (TPSA) is 47.8 Å². The summed E-state index contributed by atoms with van der Waals surface area (Å²) in [5.41, 5.74) is 0. The maximum Gasteiger partial charge on any atom is 0.153 e. The molecule has 0 amide bonds. The quantitative estimate of drug-likeness (QED) is 0.739. The molecule has 1 aromatic heterocycles. The third-order valence-electron chi connectivity index (χ3n) is 2.97. The van der Waals surface area contributed by atoms with Crippen LogP contribution in [-0.2, 0) is 17.8 Å². The second-order valence-electron chi connectivity index (χ2n) is 4.57. The van der Waals surface area contributed by atoms with Gasteiger partial charge in [-0.1, -0.05) is 13.8 Å². The highest BCUT2D eigenvalue weighted by Crippen LogP contribution is 2.21. The highest BCUT2D eigenvalue weighted by Gasteiger charge is 2.24. The molecule has 0 bridgehead atoms. The SMILES string of the molecule is CC(=O)C1CCc2nc(C(C)C)nn2C1. The van der Waals surface area contributed by atoms with E-state index in [9.17, 15) is 4.79 Å². The molecular weight excluding hydrogens is 190 g/mol. The van der Waals surface area contributed by atoms with Crippen molar-refractivity contribution < 1.29 is 4.79 Å². The van der Waals surface area contributed by atoms with Crippen molar-refractivity contribution in [3.05, 3.63) is 11.6 Å². The number of hydrogen-bond donors (Lipinski definition) is 0. The average Bonchev–Trinajstić information content (AvgIpc) is 2.59. The molecule has 1 atom stereocenters. The highest BCUT2D eigenvalue weighted by atomic mass is 16.1. The van der Waals surface area contributed by atoms with E-state index in [0.717, 1.165) is 24.5 Å². The molecule has 0 radical (unpaired) electrons. The highest BCUT2D eigenvalue weighted by molar-refractivity contribution is 5.78. The van der Waals surface area contributed by atoms with Gasteiger partial charge in [0.15, 0.2) is 5.82 Å². The normalized spacial score (nSPS) is 20.4. The number of ketones is 1. The summed E-state index contributed by atoms with van der Waals surface area (Å²) < 4.78 is 1.91. The zero-order valence-corrected chi connectivity index (χ0v) is 9.53. The minimum Gasteiger partial charge on any atom is -0.300 e. The summed E-state index contributed by atoms with van der Waals surface area (Å²) in [7, 11) is 0. The van der Waals surface area contributed by atoms with Crippen molar-refractivity contribution in [3.8, 4) is 0 Å². The molecular formula is C11H17N3O. The Morgan fingerprint density at radius 1 is 1.53 bits per heavy atom. The first-order valence-corrected chi connectivity index (χ1v) is 5.52. The zero-order chi connectivity index (χ0) is 11.0. The lowest BCUT2D eigenvalue weighted by atomic mass is 9.96. The fourth-order valence-corrected chi connectivity index (χ4v) is 1.90. The first kappa shape index (κ1) is 10.3. The summed E-state index contributed by atoms with van der Waals surface area (Å²) in [5, 5.41) is 4.44. The van der Waals surface area contributed by atoms with E-state index in [-0.39, 0.29) is 11.7 Å². The minimum absolute atomic E-state index is 0.138. The van der Waals surface area contributed by atoms with Crippen LogP contribution >= 0.6 is 0 Å². The van der Waals surface area contributed by atoms with Gasteiger partial charge in [-0.15, -0.1) is 0 Å². The van der Waals surface area contributed by atoms with Crippen LogP contribution in [0, 0.1) is 5.92 Å². The summed E-state index contributed by atoms with van der Waals surface area (Å²) >= 11 is 0. The van der Waals surface area contributed by atoms with Gasteiger partial charge in [0.2, 0.25) is 0 Å². The average molecular weight is 207 g/mol. The molecule has 4 nitrogen and oxygen atoms in total. The van der Waals surface area contributed by atoms with Crippen molar-refractivity contribution in [1.29, 1.82) is 0 Å². The third kappa shape index (κ3) is 1.94.